The van der Waals surface area contributed by atoms with E-state index < -0.39 is 11.6 Å². The van der Waals surface area contributed by atoms with Gasteiger partial charge in [0.1, 0.15) is 0 Å². The smallest absolute Gasteiger partial charge is 0.340 e. The summed E-state index contributed by atoms with van der Waals surface area (Å²) in [6.45, 7) is 1.76. The van der Waals surface area contributed by atoms with Crippen molar-refractivity contribution in [3.63, 3.8) is 0 Å². The molecule has 1 aliphatic carbocycles. The average Bonchev–Trinajstić information content (AvgIpc) is 2.23. The van der Waals surface area contributed by atoms with Crippen LogP contribution < -0.4 is 0 Å². The molecule has 1 heterocycles. The Labute approximate surface area is 87.6 Å². The zero-order chi connectivity index (χ0) is 11.1. The maximum Gasteiger partial charge on any atom is 0.340 e. The molecule has 1 aromatic heterocycles. The molecule has 0 saturated heterocycles. The summed E-state index contributed by atoms with van der Waals surface area (Å²) in [5.74, 6) is -1.45. The van der Waals surface area contributed by atoms with E-state index in [0.29, 0.717) is 12.0 Å². The summed E-state index contributed by atoms with van der Waals surface area (Å²) in [5.41, 5.74) is -0.430. The number of rotatable bonds is 1. The number of carboxylic acid groups (broad SMARTS) is 1. The van der Waals surface area contributed by atoms with Gasteiger partial charge in [0.15, 0.2) is 5.60 Å². The third-order valence-corrected chi connectivity index (χ3v) is 3.20. The third kappa shape index (κ3) is 1.33. The summed E-state index contributed by atoms with van der Waals surface area (Å²) in [6, 6.07) is 1.60. The number of hydrogen-bond acceptors (Lipinski definition) is 3. The standard InChI is InChI=1S/C11H13NO3/c1-7-2-3-8-6-12-5-4-9(8)11(7,15)10(13)14/h4-7,15H,2-3H2,1H3,(H,13,14). The van der Waals surface area contributed by atoms with E-state index in [0.717, 1.165) is 12.0 Å². The van der Waals surface area contributed by atoms with E-state index in [1.54, 1.807) is 19.2 Å². The molecule has 80 valence electrons. The monoisotopic (exact) mass is 207 g/mol. The lowest BCUT2D eigenvalue weighted by molar-refractivity contribution is -0.167. The van der Waals surface area contributed by atoms with E-state index in [2.05, 4.69) is 4.98 Å². The van der Waals surface area contributed by atoms with Crippen LogP contribution in [0.5, 0.6) is 0 Å². The Morgan fingerprint density at radius 2 is 2.40 bits per heavy atom. The zero-order valence-electron chi connectivity index (χ0n) is 8.47. The fraction of sp³-hybridized carbons (Fsp3) is 0.455. The normalized spacial score (nSPS) is 29.6. The Morgan fingerprint density at radius 3 is 3.07 bits per heavy atom. The summed E-state index contributed by atoms with van der Waals surface area (Å²) >= 11 is 0. The first-order chi connectivity index (χ1) is 7.06. The van der Waals surface area contributed by atoms with Gasteiger partial charge in [-0.2, -0.15) is 0 Å². The van der Waals surface area contributed by atoms with E-state index in [1.807, 2.05) is 0 Å². The lowest BCUT2D eigenvalue weighted by atomic mass is 9.73. The lowest BCUT2D eigenvalue weighted by Crippen LogP contribution is -2.45. The van der Waals surface area contributed by atoms with Crippen LogP contribution in [-0.4, -0.2) is 21.2 Å². The summed E-state index contributed by atoms with van der Waals surface area (Å²) < 4.78 is 0. The molecule has 0 aromatic carbocycles. The molecule has 0 saturated carbocycles. The van der Waals surface area contributed by atoms with E-state index in [-0.39, 0.29) is 5.92 Å². The number of pyridine rings is 1. The molecule has 2 N–H and O–H groups in total. The van der Waals surface area contributed by atoms with E-state index in [1.165, 1.54) is 6.20 Å². The van der Waals surface area contributed by atoms with Crippen molar-refractivity contribution in [1.82, 2.24) is 4.98 Å². The van der Waals surface area contributed by atoms with Crippen LogP contribution in [-0.2, 0) is 16.8 Å². The first-order valence-corrected chi connectivity index (χ1v) is 4.96. The Bertz CT molecular complexity index is 405. The predicted octanol–water partition coefficient (Wildman–Crippen LogP) is 0.936. The van der Waals surface area contributed by atoms with Crippen LogP contribution in [0.4, 0.5) is 0 Å². The highest BCUT2D eigenvalue weighted by molar-refractivity contribution is 5.80. The molecule has 1 aliphatic rings. The number of carboxylic acids is 1. The minimum absolute atomic E-state index is 0.273. The van der Waals surface area contributed by atoms with Gasteiger partial charge in [-0.25, -0.2) is 4.79 Å². The van der Waals surface area contributed by atoms with Crippen molar-refractivity contribution in [2.24, 2.45) is 5.92 Å². The Morgan fingerprint density at radius 1 is 1.67 bits per heavy atom. The highest BCUT2D eigenvalue weighted by Crippen LogP contribution is 2.39. The van der Waals surface area contributed by atoms with Crippen molar-refractivity contribution >= 4 is 5.97 Å². The second kappa shape index (κ2) is 3.31. The van der Waals surface area contributed by atoms with Crippen LogP contribution >= 0.6 is 0 Å². The van der Waals surface area contributed by atoms with Crippen LogP contribution in [0.1, 0.15) is 24.5 Å². The number of hydrogen-bond donors (Lipinski definition) is 2. The fourth-order valence-electron chi connectivity index (χ4n) is 2.17. The summed E-state index contributed by atoms with van der Waals surface area (Å²) in [5, 5.41) is 19.4. The minimum atomic E-state index is -1.75. The molecule has 2 rings (SSSR count). The van der Waals surface area contributed by atoms with Crippen molar-refractivity contribution in [2.45, 2.75) is 25.4 Å². The average molecular weight is 207 g/mol. The lowest BCUT2D eigenvalue weighted by Gasteiger charge is -2.35. The molecule has 0 aliphatic heterocycles. The topological polar surface area (TPSA) is 70.4 Å². The van der Waals surface area contributed by atoms with Gasteiger partial charge in [-0.05, 0) is 24.5 Å². The highest BCUT2D eigenvalue weighted by Gasteiger charge is 2.46. The van der Waals surface area contributed by atoms with Gasteiger partial charge in [0.2, 0.25) is 0 Å². The quantitative estimate of drug-likeness (QED) is 0.718. The van der Waals surface area contributed by atoms with Crippen LogP contribution in [0.25, 0.3) is 0 Å². The fourth-order valence-corrected chi connectivity index (χ4v) is 2.17. The van der Waals surface area contributed by atoms with Gasteiger partial charge >= 0.3 is 5.97 Å². The number of fused-ring (bicyclic) bond motifs is 1. The van der Waals surface area contributed by atoms with Gasteiger partial charge in [-0.15, -0.1) is 0 Å². The van der Waals surface area contributed by atoms with Crippen LogP contribution in [0.15, 0.2) is 18.5 Å². The van der Waals surface area contributed by atoms with Gasteiger partial charge in [0, 0.05) is 23.9 Å². The highest BCUT2D eigenvalue weighted by atomic mass is 16.4. The second-order valence-electron chi connectivity index (χ2n) is 4.04. The van der Waals surface area contributed by atoms with Crippen LogP contribution in [0.3, 0.4) is 0 Å². The number of nitrogens with zero attached hydrogens (tertiary/aromatic N) is 1. The minimum Gasteiger partial charge on any atom is -0.479 e. The van der Waals surface area contributed by atoms with E-state index in [4.69, 9.17) is 5.11 Å². The van der Waals surface area contributed by atoms with Crippen LogP contribution in [0, 0.1) is 5.92 Å². The summed E-state index contributed by atoms with van der Waals surface area (Å²) in [7, 11) is 0. The number of aliphatic carboxylic acids is 1. The Hall–Kier alpha value is -1.42. The SMILES string of the molecule is CC1CCc2cnccc2C1(O)C(=O)O. The summed E-state index contributed by atoms with van der Waals surface area (Å²) in [6.07, 6.45) is 4.60. The van der Waals surface area contributed by atoms with Crippen molar-refractivity contribution in [3.8, 4) is 0 Å². The third-order valence-electron chi connectivity index (χ3n) is 3.20. The summed E-state index contributed by atoms with van der Waals surface area (Å²) in [4.78, 5) is 15.1. The van der Waals surface area contributed by atoms with Gasteiger partial charge < -0.3 is 10.2 Å². The molecular weight excluding hydrogens is 194 g/mol. The molecule has 0 amide bonds. The first-order valence-electron chi connectivity index (χ1n) is 4.96. The molecule has 4 heteroatoms. The molecule has 2 atom stereocenters. The van der Waals surface area contributed by atoms with Crippen molar-refractivity contribution in [1.29, 1.82) is 0 Å². The van der Waals surface area contributed by atoms with Crippen molar-refractivity contribution in [3.05, 3.63) is 29.6 Å². The molecule has 4 nitrogen and oxygen atoms in total. The molecule has 0 spiro atoms. The van der Waals surface area contributed by atoms with Gasteiger partial charge in [0.25, 0.3) is 0 Å². The van der Waals surface area contributed by atoms with Crippen molar-refractivity contribution < 1.29 is 15.0 Å². The van der Waals surface area contributed by atoms with Crippen molar-refractivity contribution in [2.75, 3.05) is 0 Å². The number of aromatic nitrogens is 1. The first kappa shape index (κ1) is 10.1. The number of aliphatic hydroxyl groups is 1. The van der Waals surface area contributed by atoms with Gasteiger partial charge in [-0.1, -0.05) is 6.92 Å². The molecule has 0 bridgehead atoms. The van der Waals surface area contributed by atoms with Gasteiger partial charge in [-0.3, -0.25) is 4.98 Å². The molecule has 2 unspecified atom stereocenters. The molecule has 0 radical (unpaired) electrons. The predicted molar refractivity (Wildman–Crippen MR) is 53.3 cm³/mol. The van der Waals surface area contributed by atoms with E-state index in [9.17, 15) is 9.90 Å². The molecule has 1 aromatic rings. The Balaban J connectivity index is 2.60. The maximum atomic E-state index is 11.2. The molecule has 15 heavy (non-hydrogen) atoms. The number of carbonyl (C=O) groups is 1. The van der Waals surface area contributed by atoms with Crippen LogP contribution in [0.2, 0.25) is 0 Å². The zero-order valence-corrected chi connectivity index (χ0v) is 8.47. The van der Waals surface area contributed by atoms with E-state index >= 15 is 0 Å². The number of aryl methyl sites for hydroxylation is 1. The molecular formula is C11H13NO3. The van der Waals surface area contributed by atoms with Gasteiger partial charge in [0.05, 0.1) is 0 Å². The largest absolute Gasteiger partial charge is 0.479 e. The second-order valence-corrected chi connectivity index (χ2v) is 4.04. The molecule has 0 fully saturated rings. The maximum absolute atomic E-state index is 11.2. The Kier molecular flexibility index (Phi) is 2.23.